The van der Waals surface area contributed by atoms with Gasteiger partial charge in [0.15, 0.2) is 5.78 Å². The topological polar surface area (TPSA) is 52.3 Å². The highest BCUT2D eigenvalue weighted by Gasteiger charge is 2.12. The van der Waals surface area contributed by atoms with Crippen molar-refractivity contribution in [1.29, 1.82) is 0 Å². The summed E-state index contributed by atoms with van der Waals surface area (Å²) in [6.45, 7) is 0. The van der Waals surface area contributed by atoms with Gasteiger partial charge < -0.3 is 10.5 Å². The molecule has 0 aliphatic carbocycles. The van der Waals surface area contributed by atoms with Crippen molar-refractivity contribution in [2.75, 3.05) is 18.7 Å². The van der Waals surface area contributed by atoms with Crippen LogP contribution < -0.4 is 10.5 Å². The average molecular weight is 234 g/mol. The van der Waals surface area contributed by atoms with Crippen molar-refractivity contribution in [3.05, 3.63) is 22.7 Å². The lowest BCUT2D eigenvalue weighted by Crippen LogP contribution is -2.05. The van der Waals surface area contributed by atoms with E-state index in [1.54, 1.807) is 0 Å². The Morgan fingerprint density at radius 3 is 2.71 bits per heavy atom. The van der Waals surface area contributed by atoms with Gasteiger partial charge in [-0.05, 0) is 6.07 Å². The van der Waals surface area contributed by atoms with Gasteiger partial charge in [-0.25, -0.2) is 0 Å². The highest BCUT2D eigenvalue weighted by Crippen LogP contribution is 2.29. The largest absolute Gasteiger partial charge is 0.495 e. The molecule has 2 N–H and O–H groups in total. The van der Waals surface area contributed by atoms with Crippen molar-refractivity contribution in [2.24, 2.45) is 0 Å². The molecule has 76 valence electrons. The van der Waals surface area contributed by atoms with E-state index in [2.05, 4.69) is 0 Å². The highest BCUT2D eigenvalue weighted by atomic mass is 35.5. The number of ether oxygens (including phenoxy) is 1. The zero-order valence-corrected chi connectivity index (χ0v) is 9.02. The summed E-state index contributed by atoms with van der Waals surface area (Å²) in [6, 6.07) is 2.96. The number of benzene rings is 1. The third-order valence-corrected chi connectivity index (χ3v) is 2.28. The van der Waals surface area contributed by atoms with Crippen molar-refractivity contribution in [1.82, 2.24) is 0 Å². The number of Topliss-reactive ketones (excluding diaryl/α,β-unsaturated/α-hetero) is 1. The first-order chi connectivity index (χ1) is 6.60. The van der Waals surface area contributed by atoms with E-state index in [0.29, 0.717) is 22.0 Å². The van der Waals surface area contributed by atoms with E-state index >= 15 is 0 Å². The summed E-state index contributed by atoms with van der Waals surface area (Å²) in [6.07, 6.45) is 0. The first-order valence-electron chi connectivity index (χ1n) is 3.82. The van der Waals surface area contributed by atoms with Gasteiger partial charge in [0.05, 0.1) is 18.0 Å². The van der Waals surface area contributed by atoms with Crippen molar-refractivity contribution in [3.63, 3.8) is 0 Å². The molecule has 0 saturated heterocycles. The molecule has 0 atom stereocenters. The number of nitrogen functional groups attached to an aromatic ring is 1. The summed E-state index contributed by atoms with van der Waals surface area (Å²) in [5, 5.41) is 0.343. The molecule has 0 heterocycles. The van der Waals surface area contributed by atoms with Crippen molar-refractivity contribution >= 4 is 34.7 Å². The average Bonchev–Trinajstić information content (AvgIpc) is 2.19. The maximum atomic E-state index is 11.3. The lowest BCUT2D eigenvalue weighted by Gasteiger charge is -2.07. The van der Waals surface area contributed by atoms with E-state index in [1.807, 2.05) is 0 Å². The second kappa shape index (κ2) is 4.53. The lowest BCUT2D eigenvalue weighted by molar-refractivity contribution is 0.102. The number of halogens is 2. The van der Waals surface area contributed by atoms with Crippen molar-refractivity contribution < 1.29 is 9.53 Å². The number of methoxy groups -OCH3 is 1. The first kappa shape index (κ1) is 11.1. The standard InChI is InChI=1S/C9H9Cl2NO2/c1-14-9-3-7(12)5(2-6(9)11)8(13)4-10/h2-3H,4,12H2,1H3. The summed E-state index contributed by atoms with van der Waals surface area (Å²) in [5.41, 5.74) is 6.27. The molecule has 0 amide bonds. The number of nitrogens with two attached hydrogens (primary N) is 1. The zero-order chi connectivity index (χ0) is 10.7. The molecule has 0 bridgehead atoms. The normalized spacial score (nSPS) is 9.93. The van der Waals surface area contributed by atoms with Crippen LogP contribution in [0.5, 0.6) is 5.75 Å². The summed E-state index contributed by atoms with van der Waals surface area (Å²) in [7, 11) is 1.48. The van der Waals surface area contributed by atoms with Crippen LogP contribution in [0.1, 0.15) is 10.4 Å². The summed E-state index contributed by atoms with van der Waals surface area (Å²) in [4.78, 5) is 11.3. The zero-order valence-electron chi connectivity index (χ0n) is 7.51. The molecule has 0 unspecified atom stereocenters. The van der Waals surface area contributed by atoms with Gasteiger partial charge in [0, 0.05) is 17.3 Å². The van der Waals surface area contributed by atoms with Crippen molar-refractivity contribution in [3.8, 4) is 5.75 Å². The van der Waals surface area contributed by atoms with Gasteiger partial charge in [0.25, 0.3) is 0 Å². The van der Waals surface area contributed by atoms with Gasteiger partial charge in [0.2, 0.25) is 0 Å². The minimum Gasteiger partial charge on any atom is -0.495 e. The summed E-state index contributed by atoms with van der Waals surface area (Å²) < 4.78 is 4.94. The molecule has 5 heteroatoms. The lowest BCUT2D eigenvalue weighted by atomic mass is 10.1. The van der Waals surface area contributed by atoms with Crippen LogP contribution in [0.25, 0.3) is 0 Å². The SMILES string of the molecule is COc1cc(N)c(C(=O)CCl)cc1Cl. The number of rotatable bonds is 3. The molecule has 14 heavy (non-hydrogen) atoms. The smallest absolute Gasteiger partial charge is 0.179 e. The fourth-order valence-corrected chi connectivity index (χ4v) is 1.42. The third-order valence-electron chi connectivity index (χ3n) is 1.75. The Bertz CT molecular complexity index is 366. The van der Waals surface area contributed by atoms with Crippen LogP contribution in [0.2, 0.25) is 5.02 Å². The quantitative estimate of drug-likeness (QED) is 0.496. The fraction of sp³-hybridized carbons (Fsp3) is 0.222. The maximum absolute atomic E-state index is 11.3. The van der Waals surface area contributed by atoms with Crippen LogP contribution in [0, 0.1) is 0 Å². The Balaban J connectivity index is 3.21. The molecular weight excluding hydrogens is 225 g/mol. The number of hydrogen-bond acceptors (Lipinski definition) is 3. The van der Waals surface area contributed by atoms with E-state index in [9.17, 15) is 4.79 Å². The van der Waals surface area contributed by atoms with E-state index in [4.69, 9.17) is 33.7 Å². The predicted octanol–water partition coefficient (Wildman–Crippen LogP) is 2.35. The molecular formula is C9H9Cl2NO2. The third kappa shape index (κ3) is 2.11. The summed E-state index contributed by atoms with van der Waals surface area (Å²) in [5.74, 6) is 0.0661. The van der Waals surface area contributed by atoms with E-state index in [1.165, 1.54) is 19.2 Å². The summed E-state index contributed by atoms with van der Waals surface area (Å²) >= 11 is 11.2. The molecule has 1 aromatic rings. The monoisotopic (exact) mass is 233 g/mol. The molecule has 0 spiro atoms. The van der Waals surface area contributed by atoms with Crippen LogP contribution in [-0.4, -0.2) is 18.8 Å². The minimum absolute atomic E-state index is 0.118. The first-order valence-corrected chi connectivity index (χ1v) is 4.73. The highest BCUT2D eigenvalue weighted by molar-refractivity contribution is 6.34. The van der Waals surface area contributed by atoms with Crippen LogP contribution in [0.4, 0.5) is 5.69 Å². The number of ketones is 1. The molecule has 0 fully saturated rings. The van der Waals surface area contributed by atoms with Crippen LogP contribution >= 0.6 is 23.2 Å². The minimum atomic E-state index is -0.256. The molecule has 3 nitrogen and oxygen atoms in total. The molecule has 0 aliphatic rings. The molecule has 0 saturated carbocycles. The van der Waals surface area contributed by atoms with E-state index < -0.39 is 0 Å². The fourth-order valence-electron chi connectivity index (χ4n) is 1.04. The van der Waals surface area contributed by atoms with E-state index in [0.717, 1.165) is 0 Å². The maximum Gasteiger partial charge on any atom is 0.179 e. The molecule has 0 aliphatic heterocycles. The van der Waals surface area contributed by atoms with Crippen LogP contribution in [-0.2, 0) is 0 Å². The number of carbonyl (C=O) groups is 1. The number of alkyl halides is 1. The van der Waals surface area contributed by atoms with Crippen LogP contribution in [0.3, 0.4) is 0 Å². The Kier molecular flexibility index (Phi) is 3.61. The number of hydrogen-bond donors (Lipinski definition) is 1. The van der Waals surface area contributed by atoms with Crippen LogP contribution in [0.15, 0.2) is 12.1 Å². The van der Waals surface area contributed by atoms with Gasteiger partial charge in [0.1, 0.15) is 5.75 Å². The predicted molar refractivity (Wildman–Crippen MR) is 57.5 cm³/mol. The number of anilines is 1. The molecule has 0 radical (unpaired) electrons. The Hall–Kier alpha value is -0.930. The van der Waals surface area contributed by atoms with Gasteiger partial charge in [-0.3, -0.25) is 4.79 Å². The van der Waals surface area contributed by atoms with Gasteiger partial charge >= 0.3 is 0 Å². The Morgan fingerprint density at radius 2 is 2.21 bits per heavy atom. The van der Waals surface area contributed by atoms with Gasteiger partial charge in [-0.1, -0.05) is 11.6 Å². The van der Waals surface area contributed by atoms with E-state index in [-0.39, 0.29) is 11.7 Å². The molecule has 1 rings (SSSR count). The molecule has 1 aromatic carbocycles. The molecule has 0 aromatic heterocycles. The number of carbonyl (C=O) groups excluding carboxylic acids is 1. The van der Waals surface area contributed by atoms with Crippen molar-refractivity contribution in [2.45, 2.75) is 0 Å². The Labute approximate surface area is 91.7 Å². The van der Waals surface area contributed by atoms with Gasteiger partial charge in [-0.2, -0.15) is 0 Å². The second-order valence-corrected chi connectivity index (χ2v) is 3.31. The Morgan fingerprint density at radius 1 is 1.57 bits per heavy atom. The van der Waals surface area contributed by atoms with Gasteiger partial charge in [-0.15, -0.1) is 11.6 Å². The second-order valence-electron chi connectivity index (χ2n) is 2.63.